The number of amides is 1. The van der Waals surface area contributed by atoms with E-state index in [1.54, 1.807) is 6.07 Å². The van der Waals surface area contributed by atoms with Crippen LogP contribution >= 0.6 is 0 Å². The van der Waals surface area contributed by atoms with Crippen molar-refractivity contribution in [2.24, 2.45) is 0 Å². The van der Waals surface area contributed by atoms with Crippen LogP contribution in [0.2, 0.25) is 0 Å². The summed E-state index contributed by atoms with van der Waals surface area (Å²) in [6.07, 6.45) is 1.39. The van der Waals surface area contributed by atoms with E-state index in [9.17, 15) is 4.79 Å². The Kier molecular flexibility index (Phi) is 3.37. The summed E-state index contributed by atoms with van der Waals surface area (Å²) in [5.41, 5.74) is 4.27. The summed E-state index contributed by atoms with van der Waals surface area (Å²) in [7, 11) is 0. The maximum Gasteiger partial charge on any atom is 0.274 e. The van der Waals surface area contributed by atoms with E-state index in [2.05, 4.69) is 15.3 Å². The zero-order valence-corrected chi connectivity index (χ0v) is 10.7. The van der Waals surface area contributed by atoms with Crippen molar-refractivity contribution in [1.82, 2.24) is 9.97 Å². The minimum Gasteiger partial charge on any atom is -0.321 e. The molecule has 1 aromatic carbocycles. The van der Waals surface area contributed by atoms with E-state index >= 15 is 0 Å². The molecule has 0 bridgehead atoms. The van der Waals surface area contributed by atoms with Crippen molar-refractivity contribution in [3.8, 4) is 0 Å². The third kappa shape index (κ3) is 2.71. The number of aryl methyl sites for hydroxylation is 3. The molecule has 0 fully saturated rings. The van der Waals surface area contributed by atoms with Crippen LogP contribution in [-0.4, -0.2) is 15.9 Å². The summed E-state index contributed by atoms with van der Waals surface area (Å²) < 4.78 is 0. The van der Waals surface area contributed by atoms with Crippen molar-refractivity contribution in [2.45, 2.75) is 20.8 Å². The fourth-order valence-electron chi connectivity index (χ4n) is 1.59. The van der Waals surface area contributed by atoms with Crippen molar-refractivity contribution in [3.05, 3.63) is 53.1 Å². The van der Waals surface area contributed by atoms with E-state index in [4.69, 9.17) is 0 Å². The molecule has 1 amide bonds. The molecule has 4 heteroatoms. The number of hydrogen-bond acceptors (Lipinski definition) is 3. The molecule has 92 valence electrons. The first-order valence-corrected chi connectivity index (χ1v) is 5.73. The lowest BCUT2D eigenvalue weighted by atomic mass is 10.1. The molecule has 0 aliphatic heterocycles. The summed E-state index contributed by atoms with van der Waals surface area (Å²) in [5.74, 6) is -0.219. The van der Waals surface area contributed by atoms with Crippen LogP contribution in [-0.2, 0) is 0 Å². The van der Waals surface area contributed by atoms with Crippen molar-refractivity contribution < 1.29 is 4.79 Å². The van der Waals surface area contributed by atoms with Gasteiger partial charge in [0.25, 0.3) is 5.91 Å². The van der Waals surface area contributed by atoms with Crippen molar-refractivity contribution in [1.29, 1.82) is 0 Å². The fourth-order valence-corrected chi connectivity index (χ4v) is 1.59. The summed E-state index contributed by atoms with van der Waals surface area (Å²) in [5, 5.41) is 2.82. The molecule has 0 saturated carbocycles. The van der Waals surface area contributed by atoms with Crippen LogP contribution in [0.5, 0.6) is 0 Å². The van der Waals surface area contributed by atoms with E-state index in [1.807, 2.05) is 39.0 Å². The average molecular weight is 241 g/mol. The van der Waals surface area contributed by atoms with Crippen molar-refractivity contribution >= 4 is 11.6 Å². The normalized spacial score (nSPS) is 10.2. The van der Waals surface area contributed by atoms with Gasteiger partial charge in [-0.25, -0.2) is 9.97 Å². The maximum atomic E-state index is 12.0. The van der Waals surface area contributed by atoms with Crippen LogP contribution in [0.4, 0.5) is 5.69 Å². The molecule has 0 unspecified atom stereocenters. The number of nitrogens with zero attached hydrogens (tertiary/aromatic N) is 2. The number of anilines is 1. The van der Waals surface area contributed by atoms with Gasteiger partial charge in [0.05, 0.1) is 0 Å². The molecule has 4 nitrogen and oxygen atoms in total. The van der Waals surface area contributed by atoms with E-state index in [0.29, 0.717) is 5.69 Å². The van der Waals surface area contributed by atoms with Gasteiger partial charge in [-0.15, -0.1) is 0 Å². The molecule has 1 heterocycles. The number of rotatable bonds is 2. The first-order valence-electron chi connectivity index (χ1n) is 5.73. The number of hydrogen-bond donors (Lipinski definition) is 1. The number of benzene rings is 1. The van der Waals surface area contributed by atoms with Crippen molar-refractivity contribution in [2.75, 3.05) is 5.32 Å². The number of nitrogens with one attached hydrogen (secondary N) is 1. The Hall–Kier alpha value is -2.23. The van der Waals surface area contributed by atoms with Crippen LogP contribution in [0.3, 0.4) is 0 Å². The quantitative estimate of drug-likeness (QED) is 0.879. The lowest BCUT2D eigenvalue weighted by molar-refractivity contribution is 0.102. The monoisotopic (exact) mass is 241 g/mol. The summed E-state index contributed by atoms with van der Waals surface area (Å²) in [6, 6.07) is 7.47. The molecule has 1 N–H and O–H groups in total. The molecule has 0 saturated heterocycles. The summed E-state index contributed by atoms with van der Waals surface area (Å²) in [6.45, 7) is 5.88. The van der Waals surface area contributed by atoms with Gasteiger partial charge in [-0.3, -0.25) is 4.79 Å². The van der Waals surface area contributed by atoms with Crippen LogP contribution in [0.1, 0.15) is 27.3 Å². The van der Waals surface area contributed by atoms with E-state index in [-0.39, 0.29) is 5.91 Å². The summed E-state index contributed by atoms with van der Waals surface area (Å²) in [4.78, 5) is 19.9. The zero-order valence-electron chi connectivity index (χ0n) is 10.7. The second kappa shape index (κ2) is 4.96. The largest absolute Gasteiger partial charge is 0.321 e. The highest BCUT2D eigenvalue weighted by molar-refractivity contribution is 6.02. The lowest BCUT2D eigenvalue weighted by Crippen LogP contribution is -2.14. The Morgan fingerprint density at radius 2 is 1.83 bits per heavy atom. The standard InChI is InChI=1S/C14H15N3O/c1-9-4-5-12(6-10(9)2)17-14(18)13-7-11(3)15-8-16-13/h4-8H,1-3H3,(H,17,18). The van der Waals surface area contributed by atoms with Gasteiger partial charge >= 0.3 is 0 Å². The molecular weight excluding hydrogens is 226 g/mol. The SMILES string of the molecule is Cc1cc(C(=O)Nc2ccc(C)c(C)c2)ncn1. The van der Waals surface area contributed by atoms with E-state index < -0.39 is 0 Å². The molecule has 2 rings (SSSR count). The third-order valence-corrected chi connectivity index (χ3v) is 2.80. The Labute approximate surface area is 106 Å². The van der Waals surface area contributed by atoms with Gasteiger partial charge in [0.15, 0.2) is 0 Å². The van der Waals surface area contributed by atoms with Crippen molar-refractivity contribution in [3.63, 3.8) is 0 Å². The van der Waals surface area contributed by atoms with Gasteiger partial charge < -0.3 is 5.32 Å². The lowest BCUT2D eigenvalue weighted by Gasteiger charge is -2.07. The molecule has 1 aromatic heterocycles. The van der Waals surface area contributed by atoms with Crippen LogP contribution in [0.15, 0.2) is 30.6 Å². The van der Waals surface area contributed by atoms with Gasteiger partial charge in [-0.1, -0.05) is 6.07 Å². The van der Waals surface area contributed by atoms with E-state index in [1.165, 1.54) is 11.9 Å². The number of carbonyl (C=O) groups is 1. The third-order valence-electron chi connectivity index (χ3n) is 2.80. The maximum absolute atomic E-state index is 12.0. The second-order valence-corrected chi connectivity index (χ2v) is 4.30. The highest BCUT2D eigenvalue weighted by Gasteiger charge is 2.08. The molecule has 0 spiro atoms. The topological polar surface area (TPSA) is 54.9 Å². The molecule has 2 aromatic rings. The molecule has 0 aliphatic carbocycles. The number of aromatic nitrogens is 2. The summed E-state index contributed by atoms with van der Waals surface area (Å²) >= 11 is 0. The van der Waals surface area contributed by atoms with E-state index in [0.717, 1.165) is 16.9 Å². The van der Waals surface area contributed by atoms with Gasteiger partial charge in [-0.05, 0) is 50.1 Å². The first-order chi connectivity index (χ1) is 8.56. The average Bonchev–Trinajstić information content (AvgIpc) is 2.34. The Morgan fingerprint density at radius 3 is 2.50 bits per heavy atom. The van der Waals surface area contributed by atoms with Gasteiger partial charge in [0.1, 0.15) is 12.0 Å². The minimum atomic E-state index is -0.219. The highest BCUT2D eigenvalue weighted by Crippen LogP contribution is 2.14. The highest BCUT2D eigenvalue weighted by atomic mass is 16.1. The first kappa shape index (κ1) is 12.2. The Bertz CT molecular complexity index is 593. The van der Waals surface area contributed by atoms with Crippen LogP contribution in [0, 0.1) is 20.8 Å². The smallest absolute Gasteiger partial charge is 0.274 e. The predicted octanol–water partition coefficient (Wildman–Crippen LogP) is 2.65. The molecule has 0 atom stereocenters. The van der Waals surface area contributed by atoms with Gasteiger partial charge in [0, 0.05) is 11.4 Å². The van der Waals surface area contributed by atoms with Crippen LogP contribution < -0.4 is 5.32 Å². The minimum absolute atomic E-state index is 0.219. The zero-order chi connectivity index (χ0) is 13.1. The Balaban J connectivity index is 2.18. The molecular formula is C14H15N3O. The van der Waals surface area contributed by atoms with Gasteiger partial charge in [-0.2, -0.15) is 0 Å². The molecule has 0 radical (unpaired) electrons. The molecule has 18 heavy (non-hydrogen) atoms. The fraction of sp³-hybridized carbons (Fsp3) is 0.214. The number of carbonyl (C=O) groups excluding carboxylic acids is 1. The van der Waals surface area contributed by atoms with Crippen LogP contribution in [0.25, 0.3) is 0 Å². The second-order valence-electron chi connectivity index (χ2n) is 4.30. The predicted molar refractivity (Wildman–Crippen MR) is 70.6 cm³/mol. The molecule has 0 aliphatic rings. The Morgan fingerprint density at radius 1 is 1.06 bits per heavy atom. The van der Waals surface area contributed by atoms with Gasteiger partial charge in [0.2, 0.25) is 0 Å².